The summed E-state index contributed by atoms with van der Waals surface area (Å²) in [7, 11) is -3.13. The average molecular weight is 279 g/mol. The molecule has 0 radical (unpaired) electrons. The van der Waals surface area contributed by atoms with E-state index in [0.717, 1.165) is 25.0 Å². The number of hydrogen-bond acceptors (Lipinski definition) is 4. The van der Waals surface area contributed by atoms with E-state index in [4.69, 9.17) is 0 Å². The van der Waals surface area contributed by atoms with Gasteiger partial charge in [-0.2, -0.15) is 5.26 Å². The second-order valence-electron chi connectivity index (χ2n) is 5.76. The summed E-state index contributed by atoms with van der Waals surface area (Å²) in [5.41, 5.74) is 1.58. The Morgan fingerprint density at radius 1 is 1.53 bits per heavy atom. The molecular formula is C13H17N3O2S. The Bertz CT molecular complexity index is 656. The molecule has 1 saturated carbocycles. The fourth-order valence-corrected chi connectivity index (χ4v) is 4.67. The first kappa shape index (κ1) is 12.7. The molecule has 1 fully saturated rings. The van der Waals surface area contributed by atoms with E-state index in [1.54, 1.807) is 6.33 Å². The van der Waals surface area contributed by atoms with Crippen molar-refractivity contribution < 1.29 is 8.42 Å². The third kappa shape index (κ3) is 2.06. The molecular weight excluding hydrogens is 262 g/mol. The Morgan fingerprint density at radius 3 is 2.89 bits per heavy atom. The van der Waals surface area contributed by atoms with Gasteiger partial charge in [0.25, 0.3) is 0 Å². The van der Waals surface area contributed by atoms with Gasteiger partial charge in [-0.1, -0.05) is 0 Å². The van der Waals surface area contributed by atoms with E-state index in [0.29, 0.717) is 13.0 Å². The predicted octanol–water partition coefficient (Wildman–Crippen LogP) is 1.09. The molecule has 0 N–H and O–H groups in total. The zero-order chi connectivity index (χ0) is 13.7. The van der Waals surface area contributed by atoms with Crippen molar-refractivity contribution in [3.05, 3.63) is 17.7 Å². The number of nitriles is 1. The molecule has 2 aliphatic rings. The normalized spacial score (nSPS) is 29.6. The maximum Gasteiger partial charge on any atom is 0.152 e. The van der Waals surface area contributed by atoms with Crippen molar-refractivity contribution in [2.75, 3.05) is 6.26 Å². The molecule has 102 valence electrons. The van der Waals surface area contributed by atoms with E-state index in [9.17, 15) is 13.7 Å². The zero-order valence-electron chi connectivity index (χ0n) is 11.0. The minimum atomic E-state index is -3.13. The van der Waals surface area contributed by atoms with E-state index >= 15 is 0 Å². The lowest BCUT2D eigenvalue weighted by Crippen LogP contribution is -2.20. The van der Waals surface area contributed by atoms with Gasteiger partial charge in [0, 0.05) is 18.5 Å². The van der Waals surface area contributed by atoms with E-state index in [-0.39, 0.29) is 0 Å². The first-order valence-corrected chi connectivity index (χ1v) is 8.55. The monoisotopic (exact) mass is 279 g/mol. The van der Waals surface area contributed by atoms with Crippen LogP contribution in [-0.4, -0.2) is 29.5 Å². The van der Waals surface area contributed by atoms with E-state index in [2.05, 4.69) is 11.1 Å². The van der Waals surface area contributed by atoms with Crippen molar-refractivity contribution in [3.8, 4) is 6.07 Å². The summed E-state index contributed by atoms with van der Waals surface area (Å²) < 4.78 is 25.2. The Hall–Kier alpha value is -1.35. The maximum atomic E-state index is 11.6. The van der Waals surface area contributed by atoms with Crippen LogP contribution in [-0.2, 0) is 29.2 Å². The topological polar surface area (TPSA) is 75.8 Å². The number of imidazole rings is 1. The van der Waals surface area contributed by atoms with Crippen LogP contribution in [0.3, 0.4) is 0 Å². The number of rotatable bonds is 3. The smallest absolute Gasteiger partial charge is 0.152 e. The highest BCUT2D eigenvalue weighted by Gasteiger charge is 2.61. The fourth-order valence-electron chi connectivity index (χ4n) is 3.12. The maximum absolute atomic E-state index is 11.6. The number of nitrogens with zero attached hydrogens (tertiary/aromatic N) is 3. The van der Waals surface area contributed by atoms with Crippen molar-refractivity contribution in [1.82, 2.24) is 9.55 Å². The number of hydrogen-bond donors (Lipinski definition) is 0. The third-order valence-corrected chi connectivity index (χ3v) is 5.96. The Labute approximate surface area is 113 Å². The molecule has 0 bridgehead atoms. The van der Waals surface area contributed by atoms with Gasteiger partial charge in [0.2, 0.25) is 0 Å². The molecule has 1 heterocycles. The van der Waals surface area contributed by atoms with Gasteiger partial charge in [0.15, 0.2) is 9.84 Å². The summed E-state index contributed by atoms with van der Waals surface area (Å²) >= 11 is 0. The van der Waals surface area contributed by atoms with Crippen LogP contribution in [0.25, 0.3) is 0 Å². The van der Waals surface area contributed by atoms with E-state index < -0.39 is 20.5 Å². The molecule has 0 amide bonds. The van der Waals surface area contributed by atoms with Crippen LogP contribution in [0, 0.1) is 16.7 Å². The summed E-state index contributed by atoms with van der Waals surface area (Å²) in [4.78, 5) is 4.39. The molecule has 0 aliphatic heterocycles. The molecule has 6 heteroatoms. The molecule has 0 saturated heterocycles. The Balaban J connectivity index is 1.86. The predicted molar refractivity (Wildman–Crippen MR) is 70.2 cm³/mol. The van der Waals surface area contributed by atoms with Crippen LogP contribution in [0.4, 0.5) is 0 Å². The summed E-state index contributed by atoms with van der Waals surface area (Å²) in [6.07, 6.45) is 7.74. The van der Waals surface area contributed by atoms with E-state index in [1.807, 2.05) is 4.57 Å². The third-order valence-electron chi connectivity index (χ3n) is 4.31. The summed E-state index contributed by atoms with van der Waals surface area (Å²) in [5.74, 6) is 0. The highest BCUT2D eigenvalue weighted by molar-refractivity contribution is 7.91. The molecule has 0 spiro atoms. The van der Waals surface area contributed by atoms with Crippen molar-refractivity contribution in [3.63, 3.8) is 0 Å². The number of fused-ring (bicyclic) bond motifs is 1. The molecule has 2 aliphatic carbocycles. The molecule has 0 aromatic carbocycles. The minimum Gasteiger partial charge on any atom is -0.333 e. The molecule has 2 atom stereocenters. The largest absolute Gasteiger partial charge is 0.333 e. The molecule has 1 aromatic heterocycles. The van der Waals surface area contributed by atoms with Gasteiger partial charge < -0.3 is 4.57 Å². The van der Waals surface area contributed by atoms with Crippen LogP contribution in [0.15, 0.2) is 6.33 Å². The number of aryl methyl sites for hydroxylation is 1. The van der Waals surface area contributed by atoms with Crippen molar-refractivity contribution in [2.45, 2.75) is 43.9 Å². The minimum absolute atomic E-state index is 0.454. The van der Waals surface area contributed by atoms with Gasteiger partial charge >= 0.3 is 0 Å². The Kier molecular flexibility index (Phi) is 2.72. The average Bonchev–Trinajstić information content (AvgIpc) is 2.98. The highest BCUT2D eigenvalue weighted by atomic mass is 32.2. The summed E-state index contributed by atoms with van der Waals surface area (Å²) in [6.45, 7) is 0.462. The van der Waals surface area contributed by atoms with Gasteiger partial charge in [-0.05, 0) is 32.1 Å². The lowest BCUT2D eigenvalue weighted by atomic mass is 10.0. The van der Waals surface area contributed by atoms with Gasteiger partial charge in [-0.3, -0.25) is 0 Å². The highest BCUT2D eigenvalue weighted by Crippen LogP contribution is 2.51. The zero-order valence-corrected chi connectivity index (χ0v) is 11.8. The van der Waals surface area contributed by atoms with Gasteiger partial charge in [0.1, 0.15) is 0 Å². The van der Waals surface area contributed by atoms with Crippen LogP contribution in [0.5, 0.6) is 0 Å². The first-order valence-electron chi connectivity index (χ1n) is 6.59. The molecule has 1 aromatic rings. The standard InChI is InChI=1S/C13H17N3O2S/c1-19(17,18)12-6-13(12,7-14)8-16-9-15-10-4-2-3-5-11(10)16/h9,12H,2-6,8H2,1H3/t12-,13-/m1/s1. The van der Waals surface area contributed by atoms with Crippen molar-refractivity contribution in [1.29, 1.82) is 5.26 Å². The molecule has 0 unspecified atom stereocenters. The van der Waals surface area contributed by atoms with Crippen LogP contribution < -0.4 is 0 Å². The number of aromatic nitrogens is 2. The Morgan fingerprint density at radius 2 is 2.26 bits per heavy atom. The van der Waals surface area contributed by atoms with E-state index in [1.165, 1.54) is 18.4 Å². The summed E-state index contributed by atoms with van der Waals surface area (Å²) in [6, 6.07) is 2.23. The second kappa shape index (κ2) is 4.07. The fraction of sp³-hybridized carbons (Fsp3) is 0.692. The molecule has 3 rings (SSSR count). The lowest BCUT2D eigenvalue weighted by Gasteiger charge is -2.16. The molecule has 19 heavy (non-hydrogen) atoms. The second-order valence-corrected chi connectivity index (χ2v) is 7.99. The van der Waals surface area contributed by atoms with Crippen LogP contribution in [0.1, 0.15) is 30.7 Å². The van der Waals surface area contributed by atoms with Gasteiger partial charge in [-0.15, -0.1) is 0 Å². The SMILES string of the molecule is CS(=O)(=O)[C@@H]1C[C@@]1(C#N)Cn1cnc2c1CCCC2. The van der Waals surface area contributed by atoms with Gasteiger partial charge in [-0.25, -0.2) is 13.4 Å². The molecule has 5 nitrogen and oxygen atoms in total. The van der Waals surface area contributed by atoms with Crippen LogP contribution >= 0.6 is 0 Å². The lowest BCUT2D eigenvalue weighted by molar-refractivity contribution is 0.498. The van der Waals surface area contributed by atoms with Gasteiger partial charge in [0.05, 0.1) is 28.8 Å². The van der Waals surface area contributed by atoms with Crippen molar-refractivity contribution >= 4 is 9.84 Å². The number of sulfone groups is 1. The quantitative estimate of drug-likeness (QED) is 0.830. The van der Waals surface area contributed by atoms with Crippen LogP contribution in [0.2, 0.25) is 0 Å². The summed E-state index contributed by atoms with van der Waals surface area (Å²) in [5, 5.41) is 8.84. The first-order chi connectivity index (χ1) is 8.96. The van der Waals surface area contributed by atoms with Crippen molar-refractivity contribution in [2.24, 2.45) is 5.41 Å².